The van der Waals surface area contributed by atoms with E-state index < -0.39 is 8.80 Å². The van der Waals surface area contributed by atoms with Gasteiger partial charge in [-0.3, -0.25) is 4.79 Å². The number of carbonyl (C=O) groups is 1. The molecule has 0 radical (unpaired) electrons. The van der Waals surface area contributed by atoms with E-state index in [1.807, 2.05) is 20.8 Å². The summed E-state index contributed by atoms with van der Waals surface area (Å²) < 4.78 is 17.1. The summed E-state index contributed by atoms with van der Waals surface area (Å²) in [6, 6.07) is 0.643. The lowest BCUT2D eigenvalue weighted by molar-refractivity contribution is -0.119. The highest BCUT2D eigenvalue weighted by molar-refractivity contribution is 6.60. The molecular formula is C11H24N4O4Si. The molecule has 0 aromatic carbocycles. The molecular weight excluding hydrogens is 280 g/mol. The molecule has 0 fully saturated rings. The van der Waals surface area contributed by atoms with Crippen molar-refractivity contribution in [3.05, 3.63) is 10.4 Å². The molecule has 0 aliphatic heterocycles. The van der Waals surface area contributed by atoms with Gasteiger partial charge >= 0.3 is 8.80 Å². The number of nitrogens with one attached hydrogen (secondary N) is 1. The van der Waals surface area contributed by atoms with Crippen LogP contribution in [0.25, 0.3) is 10.4 Å². The van der Waals surface area contributed by atoms with E-state index >= 15 is 0 Å². The molecule has 0 aliphatic rings. The van der Waals surface area contributed by atoms with Crippen LogP contribution in [-0.2, 0) is 18.1 Å². The van der Waals surface area contributed by atoms with Gasteiger partial charge in [-0.2, -0.15) is 0 Å². The molecule has 1 N–H and O–H groups in total. The van der Waals surface area contributed by atoms with Crippen LogP contribution in [0.5, 0.6) is 0 Å². The summed E-state index contributed by atoms with van der Waals surface area (Å²) >= 11 is 0. The first-order valence-corrected chi connectivity index (χ1v) is 8.76. The first kappa shape index (κ1) is 18.9. The number of hydrogen-bond donors (Lipinski definition) is 1. The number of amides is 1. The van der Waals surface area contributed by atoms with Crippen molar-refractivity contribution in [2.24, 2.45) is 5.11 Å². The Kier molecular flexibility index (Phi) is 11.0. The molecule has 116 valence electrons. The Labute approximate surface area is 120 Å². The van der Waals surface area contributed by atoms with E-state index in [9.17, 15) is 4.79 Å². The zero-order chi connectivity index (χ0) is 15.3. The fraction of sp³-hybridized carbons (Fsp3) is 0.909. The van der Waals surface area contributed by atoms with Crippen molar-refractivity contribution < 1.29 is 18.1 Å². The third kappa shape index (κ3) is 8.13. The molecule has 20 heavy (non-hydrogen) atoms. The first-order valence-electron chi connectivity index (χ1n) is 6.83. The third-order valence-electron chi connectivity index (χ3n) is 2.35. The summed E-state index contributed by atoms with van der Waals surface area (Å²) in [5, 5.41) is 5.86. The lowest BCUT2D eigenvalue weighted by Crippen LogP contribution is -2.46. The van der Waals surface area contributed by atoms with Crippen molar-refractivity contribution in [2.45, 2.75) is 33.2 Å². The van der Waals surface area contributed by atoms with E-state index in [1.54, 1.807) is 0 Å². The quantitative estimate of drug-likeness (QED) is 0.195. The molecule has 0 rings (SSSR count). The normalized spacial score (nSPS) is 10.9. The number of hydrogen-bond acceptors (Lipinski definition) is 5. The molecule has 0 unspecified atom stereocenters. The standard InChI is InChI=1S/C11H24N4O4Si/c1-4-17-20(18-5-2,19-6-3)9-7-8-13-11(16)10-14-15-12/h4-10H2,1-3H3,(H,13,16). The molecule has 0 atom stereocenters. The maximum atomic E-state index is 11.2. The van der Waals surface area contributed by atoms with Gasteiger partial charge in [0.1, 0.15) is 6.54 Å². The molecule has 0 spiro atoms. The van der Waals surface area contributed by atoms with Crippen LogP contribution < -0.4 is 5.32 Å². The number of azide groups is 1. The smallest absolute Gasteiger partial charge is 0.374 e. The lowest BCUT2D eigenvalue weighted by atomic mass is 10.4. The van der Waals surface area contributed by atoms with E-state index in [1.165, 1.54) is 0 Å². The van der Waals surface area contributed by atoms with Crippen LogP contribution in [0, 0.1) is 0 Å². The molecule has 0 aromatic rings. The summed E-state index contributed by atoms with van der Waals surface area (Å²) in [6.07, 6.45) is 0.689. The van der Waals surface area contributed by atoms with Crippen LogP contribution in [-0.4, -0.2) is 47.6 Å². The SMILES string of the molecule is CCO[Si](CCCNC(=O)CN=[N+]=[N-])(OCC)OCC. The summed E-state index contributed by atoms with van der Waals surface area (Å²) in [6.45, 7) is 7.62. The van der Waals surface area contributed by atoms with Crippen LogP contribution in [0.1, 0.15) is 27.2 Å². The van der Waals surface area contributed by atoms with Gasteiger partial charge in [0.2, 0.25) is 5.91 Å². The summed E-state index contributed by atoms with van der Waals surface area (Å²) in [5.41, 5.74) is 8.10. The highest BCUT2D eigenvalue weighted by Gasteiger charge is 2.39. The Morgan fingerprint density at radius 1 is 1.20 bits per heavy atom. The number of carbonyl (C=O) groups excluding carboxylic acids is 1. The van der Waals surface area contributed by atoms with Crippen molar-refractivity contribution in [1.82, 2.24) is 5.32 Å². The van der Waals surface area contributed by atoms with E-state index in [4.69, 9.17) is 18.8 Å². The fourth-order valence-corrected chi connectivity index (χ4v) is 4.30. The predicted octanol–water partition coefficient (Wildman–Crippen LogP) is 1.85. The van der Waals surface area contributed by atoms with Gasteiger partial charge < -0.3 is 18.6 Å². The Hall–Kier alpha value is -1.12. The van der Waals surface area contributed by atoms with Crippen LogP contribution in [0.3, 0.4) is 0 Å². The predicted molar refractivity (Wildman–Crippen MR) is 77.1 cm³/mol. The molecule has 0 bridgehead atoms. The monoisotopic (exact) mass is 304 g/mol. The molecule has 1 amide bonds. The Bertz CT molecular complexity index is 307. The number of nitrogens with zero attached hydrogens (tertiary/aromatic N) is 3. The van der Waals surface area contributed by atoms with Crippen molar-refractivity contribution in [2.75, 3.05) is 32.9 Å². The summed E-state index contributed by atoms with van der Waals surface area (Å²) in [4.78, 5) is 13.8. The van der Waals surface area contributed by atoms with Gasteiger partial charge in [-0.05, 0) is 32.7 Å². The Morgan fingerprint density at radius 2 is 1.75 bits per heavy atom. The number of rotatable bonds is 12. The average Bonchev–Trinajstić information content (AvgIpc) is 2.42. The largest absolute Gasteiger partial charge is 0.500 e. The van der Waals surface area contributed by atoms with E-state index in [2.05, 4.69) is 15.3 Å². The minimum Gasteiger partial charge on any atom is -0.374 e. The van der Waals surface area contributed by atoms with Gasteiger partial charge in [-0.15, -0.1) is 0 Å². The van der Waals surface area contributed by atoms with Crippen LogP contribution in [0.15, 0.2) is 5.11 Å². The van der Waals surface area contributed by atoms with Crippen LogP contribution in [0.4, 0.5) is 0 Å². The van der Waals surface area contributed by atoms with Crippen LogP contribution in [0.2, 0.25) is 6.04 Å². The van der Waals surface area contributed by atoms with Gasteiger partial charge in [-0.1, -0.05) is 5.11 Å². The van der Waals surface area contributed by atoms with Crippen molar-refractivity contribution in [1.29, 1.82) is 0 Å². The van der Waals surface area contributed by atoms with E-state index in [0.717, 1.165) is 0 Å². The maximum Gasteiger partial charge on any atom is 0.500 e. The Balaban J connectivity index is 4.17. The molecule has 0 aromatic heterocycles. The molecule has 9 heteroatoms. The second kappa shape index (κ2) is 11.7. The first-order chi connectivity index (χ1) is 9.64. The molecule has 8 nitrogen and oxygen atoms in total. The molecule has 0 saturated heterocycles. The third-order valence-corrected chi connectivity index (χ3v) is 5.50. The zero-order valence-electron chi connectivity index (χ0n) is 12.4. The molecule has 0 aliphatic carbocycles. The zero-order valence-corrected chi connectivity index (χ0v) is 13.4. The fourth-order valence-electron chi connectivity index (χ4n) is 1.69. The van der Waals surface area contributed by atoms with Crippen molar-refractivity contribution >= 4 is 14.7 Å². The van der Waals surface area contributed by atoms with Gasteiger partial charge in [-0.25, -0.2) is 0 Å². The highest BCUT2D eigenvalue weighted by Crippen LogP contribution is 2.17. The summed E-state index contributed by atoms with van der Waals surface area (Å²) in [5.74, 6) is -0.292. The van der Waals surface area contributed by atoms with Gasteiger partial charge in [0.15, 0.2) is 0 Å². The van der Waals surface area contributed by atoms with Gasteiger partial charge in [0.05, 0.1) is 0 Å². The highest BCUT2D eigenvalue weighted by atomic mass is 28.4. The second-order valence-corrected chi connectivity index (χ2v) is 6.56. The second-order valence-electron chi connectivity index (χ2n) is 3.82. The average molecular weight is 304 g/mol. The topological polar surface area (TPSA) is 106 Å². The minimum atomic E-state index is -2.63. The van der Waals surface area contributed by atoms with Gasteiger partial charge in [0.25, 0.3) is 0 Å². The van der Waals surface area contributed by atoms with Gasteiger partial charge in [0, 0.05) is 37.3 Å². The summed E-state index contributed by atoms with van der Waals surface area (Å²) in [7, 11) is -2.63. The molecule has 0 heterocycles. The molecule has 0 saturated carbocycles. The van der Waals surface area contributed by atoms with E-state index in [0.29, 0.717) is 38.8 Å². The Morgan fingerprint density at radius 3 is 2.20 bits per heavy atom. The lowest BCUT2D eigenvalue weighted by Gasteiger charge is -2.28. The van der Waals surface area contributed by atoms with E-state index in [-0.39, 0.29) is 12.5 Å². The maximum absolute atomic E-state index is 11.2. The van der Waals surface area contributed by atoms with Crippen LogP contribution >= 0.6 is 0 Å². The van der Waals surface area contributed by atoms with Crippen molar-refractivity contribution in [3.63, 3.8) is 0 Å². The minimum absolute atomic E-state index is 0.179. The van der Waals surface area contributed by atoms with Crippen molar-refractivity contribution in [3.8, 4) is 0 Å².